The predicted molar refractivity (Wildman–Crippen MR) is 57.9 cm³/mol. The number of rotatable bonds is 4. The second-order valence-corrected chi connectivity index (χ2v) is 5.24. The molecule has 0 heterocycles. The first-order chi connectivity index (χ1) is 7.90. The number of carbonyl (C=O) groups excluding carboxylic acids is 1. The van der Waals surface area contributed by atoms with E-state index < -0.39 is 20.5 Å². The number of sulfone groups is 1. The van der Waals surface area contributed by atoms with Crippen molar-refractivity contribution in [2.24, 2.45) is 4.99 Å². The van der Waals surface area contributed by atoms with E-state index in [1.807, 2.05) is 0 Å². The fraction of sp³-hybridized carbons (Fsp3) is 0.300. The summed E-state index contributed by atoms with van der Waals surface area (Å²) in [6.07, 6.45) is 2.20. The molecule has 0 aliphatic rings. The van der Waals surface area contributed by atoms with Gasteiger partial charge in [-0.2, -0.15) is 0 Å². The number of hydrogen-bond acceptors (Lipinski definition) is 5. The predicted octanol–water partition coefficient (Wildman–Crippen LogP) is 1.07. The highest BCUT2D eigenvalue weighted by Crippen LogP contribution is 2.28. The fourth-order valence-electron chi connectivity index (χ4n) is 1.35. The summed E-state index contributed by atoms with van der Waals surface area (Å²) in [7, 11) is -2.49. The molecule has 0 spiro atoms. The molecule has 1 aromatic carbocycles. The first-order valence-corrected chi connectivity index (χ1v) is 6.39. The highest BCUT2D eigenvalue weighted by atomic mass is 32.2. The number of methoxy groups -OCH3 is 1. The normalized spacial score (nSPS) is 10.8. The summed E-state index contributed by atoms with van der Waals surface area (Å²) in [5.74, 6) is -1.04. The minimum absolute atomic E-state index is 0.0825. The van der Waals surface area contributed by atoms with E-state index in [1.54, 1.807) is 0 Å². The summed E-state index contributed by atoms with van der Waals surface area (Å²) >= 11 is 0. The molecule has 0 unspecified atom stereocenters. The standard InChI is InChI=1S/C10H10FNO4S/c1-16-9-4-7(5-12-6-13)3-8(11)10(9)17(2,14)15/h3-4H,5H2,1-2H3. The Bertz CT molecular complexity index is 576. The van der Waals surface area contributed by atoms with Gasteiger partial charge in [-0.05, 0) is 17.7 Å². The summed E-state index contributed by atoms with van der Waals surface area (Å²) in [5.41, 5.74) is 0.329. The number of nitrogens with zero attached hydrogens (tertiary/aromatic N) is 1. The molecule has 0 radical (unpaired) electrons. The maximum atomic E-state index is 13.6. The van der Waals surface area contributed by atoms with Crippen LogP contribution in [0.1, 0.15) is 5.56 Å². The smallest absolute Gasteiger partial charge is 0.235 e. The highest BCUT2D eigenvalue weighted by Gasteiger charge is 2.20. The van der Waals surface area contributed by atoms with Crippen LogP contribution in [0.2, 0.25) is 0 Å². The molecule has 0 saturated heterocycles. The van der Waals surface area contributed by atoms with Crippen LogP contribution in [0.15, 0.2) is 22.0 Å². The van der Waals surface area contributed by atoms with Crippen LogP contribution >= 0.6 is 0 Å². The van der Waals surface area contributed by atoms with Gasteiger partial charge in [-0.25, -0.2) is 22.6 Å². The average Bonchev–Trinajstić information content (AvgIpc) is 2.23. The van der Waals surface area contributed by atoms with E-state index in [-0.39, 0.29) is 12.3 Å². The molecule has 0 N–H and O–H groups in total. The molecule has 0 atom stereocenters. The lowest BCUT2D eigenvalue weighted by atomic mass is 10.2. The van der Waals surface area contributed by atoms with Crippen molar-refractivity contribution in [3.8, 4) is 5.75 Å². The van der Waals surface area contributed by atoms with Crippen LogP contribution in [0, 0.1) is 5.82 Å². The van der Waals surface area contributed by atoms with E-state index in [0.717, 1.165) is 12.3 Å². The van der Waals surface area contributed by atoms with Gasteiger partial charge in [-0.3, -0.25) is 0 Å². The molecule has 1 rings (SSSR count). The third-order valence-electron chi connectivity index (χ3n) is 1.99. The van der Waals surface area contributed by atoms with Crippen molar-refractivity contribution in [3.05, 3.63) is 23.5 Å². The number of hydrogen-bond donors (Lipinski definition) is 0. The summed E-state index contributed by atoms with van der Waals surface area (Å²) in [6.45, 7) is -0.0825. The second-order valence-electron chi connectivity index (χ2n) is 3.29. The minimum Gasteiger partial charge on any atom is -0.495 e. The van der Waals surface area contributed by atoms with Crippen molar-refractivity contribution in [2.45, 2.75) is 11.4 Å². The molecule has 0 saturated carbocycles. The molecule has 7 heteroatoms. The van der Waals surface area contributed by atoms with Gasteiger partial charge in [0.15, 0.2) is 9.84 Å². The van der Waals surface area contributed by atoms with Gasteiger partial charge in [0, 0.05) is 6.26 Å². The molecule has 0 fully saturated rings. The third-order valence-corrected chi connectivity index (χ3v) is 3.12. The Balaban J connectivity index is 3.41. The molecule has 0 amide bonds. The van der Waals surface area contributed by atoms with Gasteiger partial charge >= 0.3 is 0 Å². The molecule has 1 aromatic rings. The Kier molecular flexibility index (Phi) is 3.98. The number of halogens is 1. The zero-order chi connectivity index (χ0) is 13.1. The van der Waals surface area contributed by atoms with E-state index in [2.05, 4.69) is 4.99 Å². The third kappa shape index (κ3) is 3.12. The van der Waals surface area contributed by atoms with E-state index in [1.165, 1.54) is 19.3 Å². The molecular formula is C10H10FNO4S. The number of isocyanates is 1. The Morgan fingerprint density at radius 3 is 2.59 bits per heavy atom. The molecule has 17 heavy (non-hydrogen) atoms. The molecule has 0 aliphatic heterocycles. The molecular weight excluding hydrogens is 249 g/mol. The van der Waals surface area contributed by atoms with E-state index >= 15 is 0 Å². The van der Waals surface area contributed by atoms with Gasteiger partial charge in [-0.1, -0.05) is 0 Å². The van der Waals surface area contributed by atoms with Crippen LogP contribution in [0.3, 0.4) is 0 Å². The SMILES string of the molecule is COc1cc(CN=C=O)cc(F)c1S(C)(=O)=O. The van der Waals surface area contributed by atoms with Gasteiger partial charge in [0.2, 0.25) is 6.08 Å². The monoisotopic (exact) mass is 259 g/mol. The summed E-state index contributed by atoms with van der Waals surface area (Å²) < 4.78 is 41.1. The van der Waals surface area contributed by atoms with Crippen molar-refractivity contribution in [2.75, 3.05) is 13.4 Å². The molecule has 0 bridgehead atoms. The van der Waals surface area contributed by atoms with Gasteiger partial charge in [0.25, 0.3) is 0 Å². The number of ether oxygens (including phenoxy) is 1. The summed E-state index contributed by atoms with van der Waals surface area (Å²) in [6, 6.07) is 2.32. The van der Waals surface area contributed by atoms with Crippen LogP contribution < -0.4 is 4.74 Å². The van der Waals surface area contributed by atoms with E-state index in [0.29, 0.717) is 5.56 Å². The lowest BCUT2D eigenvalue weighted by molar-refractivity contribution is 0.394. The van der Waals surface area contributed by atoms with Crippen LogP contribution in [0.4, 0.5) is 4.39 Å². The van der Waals surface area contributed by atoms with Crippen LogP contribution in [0.25, 0.3) is 0 Å². The van der Waals surface area contributed by atoms with Crippen molar-refractivity contribution >= 4 is 15.9 Å². The number of aliphatic imine (C=N–C) groups is 1. The van der Waals surface area contributed by atoms with Gasteiger partial charge < -0.3 is 4.74 Å². The summed E-state index contributed by atoms with van der Waals surface area (Å²) in [4.78, 5) is 12.7. The first-order valence-electron chi connectivity index (χ1n) is 4.50. The summed E-state index contributed by atoms with van der Waals surface area (Å²) in [5, 5.41) is 0. The molecule has 5 nitrogen and oxygen atoms in total. The van der Waals surface area contributed by atoms with E-state index in [9.17, 15) is 17.6 Å². The van der Waals surface area contributed by atoms with Crippen LogP contribution in [-0.2, 0) is 21.2 Å². The zero-order valence-electron chi connectivity index (χ0n) is 9.23. The van der Waals surface area contributed by atoms with Gasteiger partial charge in [0.1, 0.15) is 16.5 Å². The topological polar surface area (TPSA) is 72.8 Å². The Morgan fingerprint density at radius 2 is 2.12 bits per heavy atom. The highest BCUT2D eigenvalue weighted by molar-refractivity contribution is 7.90. The quantitative estimate of drug-likeness (QED) is 0.599. The Labute approximate surface area is 97.9 Å². The van der Waals surface area contributed by atoms with Gasteiger partial charge in [0.05, 0.1) is 13.7 Å². The minimum atomic E-state index is -3.72. The number of benzene rings is 1. The largest absolute Gasteiger partial charge is 0.495 e. The lowest BCUT2D eigenvalue weighted by Gasteiger charge is -2.09. The maximum absolute atomic E-state index is 13.6. The Hall–Kier alpha value is -1.72. The van der Waals surface area contributed by atoms with Crippen molar-refractivity contribution < 1.29 is 22.3 Å². The van der Waals surface area contributed by atoms with Crippen molar-refractivity contribution in [1.82, 2.24) is 0 Å². The molecule has 0 aromatic heterocycles. The second kappa shape index (κ2) is 5.07. The van der Waals surface area contributed by atoms with Crippen LogP contribution in [-0.4, -0.2) is 27.9 Å². The van der Waals surface area contributed by atoms with Crippen LogP contribution in [0.5, 0.6) is 5.75 Å². The lowest BCUT2D eigenvalue weighted by Crippen LogP contribution is -2.05. The average molecular weight is 259 g/mol. The molecule has 92 valence electrons. The maximum Gasteiger partial charge on any atom is 0.235 e. The van der Waals surface area contributed by atoms with Crippen molar-refractivity contribution in [3.63, 3.8) is 0 Å². The zero-order valence-corrected chi connectivity index (χ0v) is 10.0. The van der Waals surface area contributed by atoms with E-state index in [4.69, 9.17) is 4.74 Å². The molecule has 0 aliphatic carbocycles. The fourth-order valence-corrected chi connectivity index (χ4v) is 2.27. The van der Waals surface area contributed by atoms with Crippen molar-refractivity contribution in [1.29, 1.82) is 0 Å². The van der Waals surface area contributed by atoms with Gasteiger partial charge in [-0.15, -0.1) is 0 Å². The Morgan fingerprint density at radius 1 is 1.47 bits per heavy atom. The first kappa shape index (κ1) is 13.3.